The minimum atomic E-state index is 0.133. The molecule has 0 radical (unpaired) electrons. The predicted octanol–water partition coefficient (Wildman–Crippen LogP) is 4.25. The summed E-state index contributed by atoms with van der Waals surface area (Å²) >= 11 is 0. The number of carbonyl (C=O) groups is 1. The van der Waals surface area contributed by atoms with Gasteiger partial charge in [0.05, 0.1) is 19.3 Å². The minimum Gasteiger partial charge on any atom is -0.497 e. The van der Waals surface area contributed by atoms with Crippen molar-refractivity contribution in [3.63, 3.8) is 0 Å². The van der Waals surface area contributed by atoms with Gasteiger partial charge in [-0.05, 0) is 68.2 Å². The van der Waals surface area contributed by atoms with Crippen molar-refractivity contribution in [2.75, 3.05) is 30.4 Å². The fraction of sp³-hybridized carbons (Fsp3) is 0.346. The molecular formula is C26H29N5O2. The van der Waals surface area contributed by atoms with E-state index in [1.807, 2.05) is 65.7 Å². The summed E-state index contributed by atoms with van der Waals surface area (Å²) in [6.07, 6.45) is 4.27. The van der Waals surface area contributed by atoms with Crippen molar-refractivity contribution in [3.8, 4) is 5.75 Å². The van der Waals surface area contributed by atoms with E-state index in [2.05, 4.69) is 15.6 Å². The van der Waals surface area contributed by atoms with E-state index in [1.54, 1.807) is 7.11 Å². The summed E-state index contributed by atoms with van der Waals surface area (Å²) in [5.41, 5.74) is 3.88. The Morgan fingerprint density at radius 3 is 2.64 bits per heavy atom. The summed E-state index contributed by atoms with van der Waals surface area (Å²) in [6.45, 7) is 2.44. The molecule has 1 aromatic heterocycles. The van der Waals surface area contributed by atoms with E-state index in [4.69, 9.17) is 9.72 Å². The summed E-state index contributed by atoms with van der Waals surface area (Å²) in [7, 11) is 1.64. The average Bonchev–Trinajstić information content (AvgIpc) is 3.38. The number of amides is 1. The number of benzene rings is 2. The quantitative estimate of drug-likeness (QED) is 0.614. The number of nitrogens with one attached hydrogen (secondary N) is 2. The lowest BCUT2D eigenvalue weighted by molar-refractivity contribution is -0.119. The third-order valence-corrected chi connectivity index (χ3v) is 6.63. The molecule has 2 aliphatic rings. The maximum absolute atomic E-state index is 13.2. The lowest BCUT2D eigenvalue weighted by Gasteiger charge is -2.31. The standard InChI is InChI=1S/C26H29N5O2/c1-33-22-9-7-21(8-10-22)31-17-19-16-28-26(29-20-5-3-2-4-6-20)30-25(19)23(11-12-24(31)32)18-13-14-27-15-18/h2-10,16,18,23,27H,11-15,17H2,1H3,(H,28,29,30)/t18?,23-/m1/s1. The smallest absolute Gasteiger partial charge is 0.227 e. The first-order valence-electron chi connectivity index (χ1n) is 11.5. The lowest BCUT2D eigenvalue weighted by Crippen LogP contribution is -2.34. The van der Waals surface area contributed by atoms with Gasteiger partial charge < -0.3 is 20.3 Å². The van der Waals surface area contributed by atoms with Crippen LogP contribution in [0.15, 0.2) is 60.8 Å². The highest BCUT2D eigenvalue weighted by Crippen LogP contribution is 2.37. The average molecular weight is 444 g/mol. The van der Waals surface area contributed by atoms with Crippen molar-refractivity contribution in [3.05, 3.63) is 72.1 Å². The van der Waals surface area contributed by atoms with Crippen molar-refractivity contribution in [2.24, 2.45) is 5.92 Å². The van der Waals surface area contributed by atoms with Gasteiger partial charge in [0.2, 0.25) is 11.9 Å². The molecule has 1 saturated heterocycles. The molecule has 2 atom stereocenters. The van der Waals surface area contributed by atoms with Crippen LogP contribution >= 0.6 is 0 Å². The highest BCUT2D eigenvalue weighted by Gasteiger charge is 2.33. The second-order valence-electron chi connectivity index (χ2n) is 8.67. The van der Waals surface area contributed by atoms with Crippen LogP contribution in [0.3, 0.4) is 0 Å². The Labute approximate surface area is 194 Å². The van der Waals surface area contributed by atoms with E-state index >= 15 is 0 Å². The highest BCUT2D eigenvalue weighted by atomic mass is 16.5. The maximum atomic E-state index is 13.2. The summed E-state index contributed by atoms with van der Waals surface area (Å²) in [5, 5.41) is 6.81. The number of rotatable bonds is 5. The molecule has 1 unspecified atom stereocenters. The molecule has 0 aliphatic carbocycles. The predicted molar refractivity (Wildman–Crippen MR) is 129 cm³/mol. The van der Waals surface area contributed by atoms with Crippen molar-refractivity contribution < 1.29 is 9.53 Å². The van der Waals surface area contributed by atoms with Crippen molar-refractivity contribution in [1.82, 2.24) is 15.3 Å². The Kier molecular flexibility index (Phi) is 6.21. The van der Waals surface area contributed by atoms with Crippen LogP contribution in [-0.2, 0) is 11.3 Å². The number of para-hydroxylation sites is 1. The van der Waals surface area contributed by atoms with E-state index in [-0.39, 0.29) is 11.8 Å². The molecule has 7 heteroatoms. The van der Waals surface area contributed by atoms with Crippen molar-refractivity contribution >= 4 is 23.2 Å². The number of methoxy groups -OCH3 is 1. The molecule has 5 rings (SSSR count). The van der Waals surface area contributed by atoms with Crippen LogP contribution in [0.25, 0.3) is 0 Å². The van der Waals surface area contributed by atoms with Crippen LogP contribution in [0.5, 0.6) is 5.75 Å². The van der Waals surface area contributed by atoms with Crippen LogP contribution in [0, 0.1) is 5.92 Å². The Morgan fingerprint density at radius 1 is 1.09 bits per heavy atom. The first-order valence-corrected chi connectivity index (χ1v) is 11.5. The Morgan fingerprint density at radius 2 is 1.91 bits per heavy atom. The Balaban J connectivity index is 1.50. The summed E-state index contributed by atoms with van der Waals surface area (Å²) in [6, 6.07) is 17.6. The van der Waals surface area contributed by atoms with Gasteiger partial charge in [0.1, 0.15) is 5.75 Å². The second-order valence-corrected chi connectivity index (χ2v) is 8.67. The van der Waals surface area contributed by atoms with Gasteiger partial charge >= 0.3 is 0 Å². The lowest BCUT2D eigenvalue weighted by atomic mass is 9.82. The second kappa shape index (κ2) is 9.58. The van der Waals surface area contributed by atoms with Gasteiger partial charge in [-0.15, -0.1) is 0 Å². The number of carbonyl (C=O) groups excluding carboxylic acids is 1. The van der Waals surface area contributed by atoms with Gasteiger partial charge in [-0.2, -0.15) is 0 Å². The van der Waals surface area contributed by atoms with Gasteiger partial charge in [-0.25, -0.2) is 9.97 Å². The molecule has 0 saturated carbocycles. The third kappa shape index (κ3) is 4.68. The number of hydrogen-bond acceptors (Lipinski definition) is 6. The van der Waals surface area contributed by atoms with Gasteiger partial charge in [0.25, 0.3) is 0 Å². The van der Waals surface area contributed by atoms with Crippen molar-refractivity contribution in [2.45, 2.75) is 31.7 Å². The van der Waals surface area contributed by atoms with Gasteiger partial charge in [0.15, 0.2) is 0 Å². The topological polar surface area (TPSA) is 79.4 Å². The van der Waals surface area contributed by atoms with E-state index in [0.29, 0.717) is 24.8 Å². The van der Waals surface area contributed by atoms with E-state index in [1.165, 1.54) is 0 Å². The Hall–Kier alpha value is -3.45. The van der Waals surface area contributed by atoms with Gasteiger partial charge in [0, 0.05) is 35.5 Å². The number of ether oxygens (including phenoxy) is 1. The molecule has 33 heavy (non-hydrogen) atoms. The number of nitrogens with zero attached hydrogens (tertiary/aromatic N) is 3. The highest BCUT2D eigenvalue weighted by molar-refractivity contribution is 5.93. The number of anilines is 3. The molecule has 3 heterocycles. The molecule has 1 fully saturated rings. The molecule has 0 bridgehead atoms. The van der Waals surface area contributed by atoms with Crippen molar-refractivity contribution in [1.29, 1.82) is 0 Å². The fourth-order valence-corrected chi connectivity index (χ4v) is 4.86. The zero-order valence-electron chi connectivity index (χ0n) is 18.8. The van der Waals surface area contributed by atoms with E-state index in [0.717, 1.165) is 54.3 Å². The number of hydrogen-bond donors (Lipinski definition) is 2. The maximum Gasteiger partial charge on any atom is 0.227 e. The minimum absolute atomic E-state index is 0.133. The van der Waals surface area contributed by atoms with Gasteiger partial charge in [-0.1, -0.05) is 18.2 Å². The molecule has 1 amide bonds. The summed E-state index contributed by atoms with van der Waals surface area (Å²) < 4.78 is 5.28. The normalized spacial score (nSPS) is 20.6. The molecular weight excluding hydrogens is 414 g/mol. The first kappa shape index (κ1) is 21.4. The molecule has 3 aromatic rings. The Bertz CT molecular complexity index is 1100. The third-order valence-electron chi connectivity index (χ3n) is 6.63. The first-order chi connectivity index (χ1) is 16.2. The largest absolute Gasteiger partial charge is 0.497 e. The van der Waals surface area contributed by atoms with Crippen LogP contribution < -0.4 is 20.3 Å². The fourth-order valence-electron chi connectivity index (χ4n) is 4.86. The number of aromatic nitrogens is 2. The van der Waals surface area contributed by atoms with Crippen LogP contribution in [0.4, 0.5) is 17.3 Å². The molecule has 2 N–H and O–H groups in total. The van der Waals surface area contributed by atoms with Crippen LogP contribution in [0.1, 0.15) is 36.4 Å². The zero-order chi connectivity index (χ0) is 22.6. The monoisotopic (exact) mass is 443 g/mol. The van der Waals surface area contributed by atoms with Crippen LogP contribution in [0.2, 0.25) is 0 Å². The summed E-state index contributed by atoms with van der Waals surface area (Å²) in [4.78, 5) is 24.7. The molecule has 7 nitrogen and oxygen atoms in total. The SMILES string of the molecule is COc1ccc(N2Cc3cnc(Nc4ccccc4)nc3[C@@H](C3CCNC3)CCC2=O)cc1. The summed E-state index contributed by atoms with van der Waals surface area (Å²) in [5.74, 6) is 2.21. The van der Waals surface area contributed by atoms with E-state index < -0.39 is 0 Å². The zero-order valence-corrected chi connectivity index (χ0v) is 18.8. The van der Waals surface area contributed by atoms with E-state index in [9.17, 15) is 4.79 Å². The molecule has 2 aromatic carbocycles. The van der Waals surface area contributed by atoms with Crippen LogP contribution in [-0.4, -0.2) is 36.1 Å². The van der Waals surface area contributed by atoms with Gasteiger partial charge in [-0.3, -0.25) is 4.79 Å². The molecule has 2 aliphatic heterocycles. The molecule has 0 spiro atoms. The number of fused-ring (bicyclic) bond motifs is 1. The molecule has 170 valence electrons.